The smallest absolute Gasteiger partial charge is 0.140 e. The lowest BCUT2D eigenvalue weighted by Crippen LogP contribution is -1.89. The number of fused-ring (bicyclic) bond motifs is 1. The van der Waals surface area contributed by atoms with Crippen molar-refractivity contribution in [2.75, 3.05) is 0 Å². The third-order valence-corrected chi connectivity index (χ3v) is 2.24. The molecule has 0 saturated carbocycles. The van der Waals surface area contributed by atoms with Crippen LogP contribution in [0.15, 0.2) is 49.3 Å². The van der Waals surface area contributed by atoms with Crippen LogP contribution in [-0.4, -0.2) is 19.4 Å². The van der Waals surface area contributed by atoms with E-state index in [1.807, 2.05) is 28.8 Å². The van der Waals surface area contributed by atoms with E-state index in [4.69, 9.17) is 0 Å². The van der Waals surface area contributed by atoms with Crippen LogP contribution >= 0.6 is 0 Å². The average Bonchev–Trinajstić information content (AvgIpc) is 2.77. The van der Waals surface area contributed by atoms with Crippen LogP contribution in [0.2, 0.25) is 0 Å². The Kier molecular flexibility index (Phi) is 1.71. The first-order chi connectivity index (χ1) is 7.43. The van der Waals surface area contributed by atoms with E-state index in [0.717, 1.165) is 16.9 Å². The third-order valence-electron chi connectivity index (χ3n) is 2.24. The summed E-state index contributed by atoms with van der Waals surface area (Å²) in [5.74, 6) is 0. The quantitative estimate of drug-likeness (QED) is 0.596. The molecule has 0 amide bonds. The molecule has 0 aliphatic carbocycles. The van der Waals surface area contributed by atoms with Gasteiger partial charge in [-0.3, -0.25) is 9.38 Å². The summed E-state index contributed by atoms with van der Waals surface area (Å²) in [5, 5.41) is 0. The Morgan fingerprint density at radius 3 is 3.00 bits per heavy atom. The maximum atomic E-state index is 4.33. The van der Waals surface area contributed by atoms with Gasteiger partial charge in [-0.2, -0.15) is 0 Å². The van der Waals surface area contributed by atoms with Gasteiger partial charge >= 0.3 is 0 Å². The van der Waals surface area contributed by atoms with Gasteiger partial charge in [0.15, 0.2) is 0 Å². The standard InChI is InChI=1S/C11H8N4/c1-2-9(7-12-3-1)10-6-11-13-4-5-15(11)8-14-10/h1-8H. The molecule has 3 heterocycles. The lowest BCUT2D eigenvalue weighted by atomic mass is 10.2. The molecule has 0 aliphatic heterocycles. The van der Waals surface area contributed by atoms with Gasteiger partial charge < -0.3 is 0 Å². The van der Waals surface area contributed by atoms with E-state index in [-0.39, 0.29) is 0 Å². The highest BCUT2D eigenvalue weighted by Gasteiger charge is 2.00. The predicted octanol–water partition coefficient (Wildman–Crippen LogP) is 1.79. The van der Waals surface area contributed by atoms with Crippen molar-refractivity contribution in [3.05, 3.63) is 49.3 Å². The minimum Gasteiger partial charge on any atom is -0.290 e. The monoisotopic (exact) mass is 196 g/mol. The van der Waals surface area contributed by atoms with E-state index in [1.54, 1.807) is 24.9 Å². The van der Waals surface area contributed by atoms with Gasteiger partial charge in [-0.1, -0.05) is 0 Å². The van der Waals surface area contributed by atoms with Crippen molar-refractivity contribution in [1.29, 1.82) is 0 Å². The first kappa shape index (κ1) is 8.11. The summed E-state index contributed by atoms with van der Waals surface area (Å²) in [4.78, 5) is 12.6. The van der Waals surface area contributed by atoms with Crippen molar-refractivity contribution >= 4 is 5.65 Å². The maximum absolute atomic E-state index is 4.33. The Labute approximate surface area is 86.3 Å². The number of pyridine rings is 1. The molecule has 72 valence electrons. The lowest BCUT2D eigenvalue weighted by molar-refractivity contribution is 1.09. The van der Waals surface area contributed by atoms with E-state index < -0.39 is 0 Å². The molecule has 0 saturated heterocycles. The van der Waals surface area contributed by atoms with Crippen LogP contribution in [0, 0.1) is 0 Å². The van der Waals surface area contributed by atoms with Gasteiger partial charge in [-0.25, -0.2) is 9.97 Å². The van der Waals surface area contributed by atoms with Crippen LogP contribution in [0.25, 0.3) is 16.9 Å². The Morgan fingerprint density at radius 2 is 2.13 bits per heavy atom. The molecule has 4 nitrogen and oxygen atoms in total. The van der Waals surface area contributed by atoms with Gasteiger partial charge in [0, 0.05) is 36.4 Å². The largest absolute Gasteiger partial charge is 0.290 e. The first-order valence-electron chi connectivity index (χ1n) is 4.62. The second-order valence-electron chi connectivity index (χ2n) is 3.21. The van der Waals surface area contributed by atoms with Crippen molar-refractivity contribution in [1.82, 2.24) is 19.4 Å². The van der Waals surface area contributed by atoms with E-state index in [9.17, 15) is 0 Å². The van der Waals surface area contributed by atoms with Crippen molar-refractivity contribution in [3.8, 4) is 11.3 Å². The van der Waals surface area contributed by atoms with Crippen LogP contribution in [0.3, 0.4) is 0 Å². The molecule has 0 unspecified atom stereocenters. The molecule has 3 aromatic rings. The Morgan fingerprint density at radius 1 is 1.13 bits per heavy atom. The highest BCUT2D eigenvalue weighted by molar-refractivity contribution is 5.61. The highest BCUT2D eigenvalue weighted by Crippen LogP contribution is 2.15. The highest BCUT2D eigenvalue weighted by atomic mass is 15.0. The Hall–Kier alpha value is -2.23. The van der Waals surface area contributed by atoms with Crippen LogP contribution < -0.4 is 0 Å². The molecule has 3 rings (SSSR count). The number of hydrogen-bond donors (Lipinski definition) is 0. The Bertz CT molecular complexity index is 586. The predicted molar refractivity (Wildman–Crippen MR) is 56.2 cm³/mol. The molecule has 0 N–H and O–H groups in total. The molecule has 15 heavy (non-hydrogen) atoms. The van der Waals surface area contributed by atoms with E-state index in [0.29, 0.717) is 0 Å². The molecule has 0 bridgehead atoms. The van der Waals surface area contributed by atoms with Crippen LogP contribution in [0.1, 0.15) is 0 Å². The van der Waals surface area contributed by atoms with Gasteiger partial charge in [0.25, 0.3) is 0 Å². The van der Waals surface area contributed by atoms with Crippen molar-refractivity contribution < 1.29 is 0 Å². The van der Waals surface area contributed by atoms with E-state index >= 15 is 0 Å². The topological polar surface area (TPSA) is 43.1 Å². The number of imidazole rings is 1. The zero-order valence-corrected chi connectivity index (χ0v) is 7.91. The summed E-state index contributed by atoms with van der Waals surface area (Å²) in [7, 11) is 0. The van der Waals surface area contributed by atoms with Crippen molar-refractivity contribution in [3.63, 3.8) is 0 Å². The summed E-state index contributed by atoms with van der Waals surface area (Å²) in [5.41, 5.74) is 2.79. The minimum atomic E-state index is 0.891. The zero-order chi connectivity index (χ0) is 10.1. The van der Waals surface area contributed by atoms with Crippen LogP contribution in [0.4, 0.5) is 0 Å². The van der Waals surface area contributed by atoms with E-state index in [1.165, 1.54) is 0 Å². The molecular formula is C11H8N4. The fourth-order valence-corrected chi connectivity index (χ4v) is 1.49. The van der Waals surface area contributed by atoms with Gasteiger partial charge in [0.1, 0.15) is 12.0 Å². The zero-order valence-electron chi connectivity index (χ0n) is 7.91. The molecular weight excluding hydrogens is 188 g/mol. The van der Waals surface area contributed by atoms with Crippen LogP contribution in [-0.2, 0) is 0 Å². The summed E-state index contributed by atoms with van der Waals surface area (Å²) in [6.45, 7) is 0. The number of aromatic nitrogens is 4. The second-order valence-corrected chi connectivity index (χ2v) is 3.21. The summed E-state index contributed by atoms with van der Waals surface area (Å²) in [6, 6.07) is 5.82. The van der Waals surface area contributed by atoms with Gasteiger partial charge in [-0.15, -0.1) is 0 Å². The average molecular weight is 196 g/mol. The fraction of sp³-hybridized carbons (Fsp3) is 0. The lowest BCUT2D eigenvalue weighted by Gasteiger charge is -1.99. The van der Waals surface area contributed by atoms with Gasteiger partial charge in [0.2, 0.25) is 0 Å². The molecule has 0 fully saturated rings. The molecule has 3 aromatic heterocycles. The first-order valence-corrected chi connectivity index (χ1v) is 4.62. The number of nitrogens with zero attached hydrogens (tertiary/aromatic N) is 4. The second kappa shape index (κ2) is 3.16. The summed E-state index contributed by atoms with van der Waals surface area (Å²) >= 11 is 0. The summed E-state index contributed by atoms with van der Waals surface area (Å²) < 4.78 is 1.87. The molecule has 4 heteroatoms. The molecule has 0 spiro atoms. The SMILES string of the molecule is c1cncc(-c2cc3nccn3cn2)c1. The maximum Gasteiger partial charge on any atom is 0.140 e. The molecule has 0 aliphatic rings. The van der Waals surface area contributed by atoms with Gasteiger partial charge in [-0.05, 0) is 12.1 Å². The summed E-state index contributed by atoms with van der Waals surface area (Å²) in [6.07, 6.45) is 8.92. The minimum absolute atomic E-state index is 0.891. The van der Waals surface area contributed by atoms with Crippen molar-refractivity contribution in [2.24, 2.45) is 0 Å². The molecule has 0 atom stereocenters. The van der Waals surface area contributed by atoms with Gasteiger partial charge in [0.05, 0.1) is 5.69 Å². The fourth-order valence-electron chi connectivity index (χ4n) is 1.49. The van der Waals surface area contributed by atoms with Crippen LogP contribution in [0.5, 0.6) is 0 Å². The normalized spacial score (nSPS) is 10.7. The van der Waals surface area contributed by atoms with E-state index in [2.05, 4.69) is 15.0 Å². The van der Waals surface area contributed by atoms with Crippen molar-refractivity contribution in [2.45, 2.75) is 0 Å². The Balaban J connectivity index is 2.19. The molecule has 0 radical (unpaired) electrons. The third kappa shape index (κ3) is 1.36. The number of hydrogen-bond acceptors (Lipinski definition) is 3. The molecule has 0 aromatic carbocycles. The number of rotatable bonds is 1.